The van der Waals surface area contributed by atoms with Crippen LogP contribution in [0, 0.1) is 5.82 Å². The van der Waals surface area contributed by atoms with Crippen molar-refractivity contribution in [2.75, 3.05) is 16.8 Å². The maximum Gasteiger partial charge on any atom is 0.225 e. The van der Waals surface area contributed by atoms with Gasteiger partial charge in [0, 0.05) is 22.8 Å². The molecule has 0 saturated carbocycles. The number of nitrogen functional groups attached to an aromatic ring is 1. The first-order chi connectivity index (χ1) is 10.1. The second-order valence-electron chi connectivity index (χ2n) is 4.31. The smallest absolute Gasteiger partial charge is 0.225 e. The summed E-state index contributed by atoms with van der Waals surface area (Å²) >= 11 is 7.54. The molecule has 0 aliphatic carbocycles. The lowest BCUT2D eigenvalue weighted by atomic mass is 10.2. The molecule has 0 radical (unpaired) electrons. The Morgan fingerprint density at radius 2 is 2.05 bits per heavy atom. The van der Waals surface area contributed by atoms with Gasteiger partial charge >= 0.3 is 0 Å². The average Bonchev–Trinajstić information content (AvgIpc) is 2.45. The minimum absolute atomic E-state index is 0.0123. The van der Waals surface area contributed by atoms with Crippen molar-refractivity contribution in [3.05, 3.63) is 53.3 Å². The molecule has 0 atom stereocenters. The van der Waals surface area contributed by atoms with E-state index < -0.39 is 5.82 Å². The van der Waals surface area contributed by atoms with Gasteiger partial charge in [-0.1, -0.05) is 23.7 Å². The minimum Gasteiger partial charge on any atom is -0.396 e. The van der Waals surface area contributed by atoms with E-state index in [1.54, 1.807) is 0 Å². The molecule has 21 heavy (non-hydrogen) atoms. The molecule has 110 valence electrons. The lowest BCUT2D eigenvalue weighted by molar-refractivity contribution is -0.115. The first kappa shape index (κ1) is 15.7. The summed E-state index contributed by atoms with van der Waals surface area (Å²) in [5, 5.41) is 3.35. The lowest BCUT2D eigenvalue weighted by Crippen LogP contribution is -2.12. The molecule has 2 aromatic rings. The molecule has 2 rings (SSSR count). The molecule has 3 nitrogen and oxygen atoms in total. The number of rotatable bonds is 5. The van der Waals surface area contributed by atoms with E-state index in [0.717, 1.165) is 4.90 Å². The Morgan fingerprint density at radius 1 is 1.29 bits per heavy atom. The van der Waals surface area contributed by atoms with Crippen LogP contribution in [0.4, 0.5) is 15.8 Å². The summed E-state index contributed by atoms with van der Waals surface area (Å²) in [5.41, 5.74) is 5.94. The number of benzene rings is 2. The largest absolute Gasteiger partial charge is 0.396 e. The predicted octanol–water partition coefficient (Wildman–Crippen LogP) is 4.18. The Kier molecular flexibility index (Phi) is 5.47. The third-order valence-electron chi connectivity index (χ3n) is 2.70. The third-order valence-corrected chi connectivity index (χ3v) is 4.22. The molecule has 0 aromatic heterocycles. The Hall–Kier alpha value is -1.72. The fraction of sp³-hybridized carbons (Fsp3) is 0.133. The zero-order valence-electron chi connectivity index (χ0n) is 11.1. The normalized spacial score (nSPS) is 10.4. The molecule has 2 aromatic carbocycles. The molecule has 0 heterocycles. The van der Waals surface area contributed by atoms with Gasteiger partial charge in [-0.05, 0) is 30.3 Å². The van der Waals surface area contributed by atoms with Crippen LogP contribution in [0.3, 0.4) is 0 Å². The number of thioether (sulfide) groups is 1. The molecule has 1 amide bonds. The van der Waals surface area contributed by atoms with E-state index in [0.29, 0.717) is 22.9 Å². The van der Waals surface area contributed by atoms with Crippen molar-refractivity contribution in [2.45, 2.75) is 11.3 Å². The van der Waals surface area contributed by atoms with E-state index in [4.69, 9.17) is 17.3 Å². The van der Waals surface area contributed by atoms with Crippen molar-refractivity contribution < 1.29 is 9.18 Å². The second-order valence-corrected chi connectivity index (χ2v) is 5.86. The average molecular weight is 325 g/mol. The number of nitrogens with one attached hydrogen (secondary N) is 1. The van der Waals surface area contributed by atoms with E-state index in [1.807, 2.05) is 24.3 Å². The summed E-state index contributed by atoms with van der Waals surface area (Å²) in [7, 11) is 0. The van der Waals surface area contributed by atoms with E-state index in [2.05, 4.69) is 5.32 Å². The standard InChI is InChI=1S/C15H14ClFN2OS/c16-11-3-1-2-4-14(11)21-8-7-15(20)19-10-5-6-12(17)13(18)9-10/h1-6,9H,7-8,18H2,(H,19,20). The zero-order chi connectivity index (χ0) is 15.2. The van der Waals surface area contributed by atoms with E-state index in [-0.39, 0.29) is 11.6 Å². The first-order valence-corrected chi connectivity index (χ1v) is 7.65. The van der Waals surface area contributed by atoms with Crippen LogP contribution in [0.5, 0.6) is 0 Å². The fourth-order valence-corrected chi connectivity index (χ4v) is 2.85. The Labute approximate surface area is 131 Å². The molecular formula is C15H14ClFN2OS. The quantitative estimate of drug-likeness (QED) is 0.640. The highest BCUT2D eigenvalue weighted by atomic mass is 35.5. The highest BCUT2D eigenvalue weighted by Gasteiger charge is 2.06. The lowest BCUT2D eigenvalue weighted by Gasteiger charge is -2.07. The molecule has 3 N–H and O–H groups in total. The van der Waals surface area contributed by atoms with E-state index in [9.17, 15) is 9.18 Å². The van der Waals surface area contributed by atoms with Crippen LogP contribution in [0.1, 0.15) is 6.42 Å². The van der Waals surface area contributed by atoms with Crippen molar-refractivity contribution in [2.24, 2.45) is 0 Å². The van der Waals surface area contributed by atoms with Gasteiger partial charge in [0.15, 0.2) is 0 Å². The van der Waals surface area contributed by atoms with E-state index in [1.165, 1.54) is 30.0 Å². The highest BCUT2D eigenvalue weighted by Crippen LogP contribution is 2.27. The van der Waals surface area contributed by atoms with Crippen LogP contribution in [0.25, 0.3) is 0 Å². The van der Waals surface area contributed by atoms with Crippen LogP contribution in [-0.2, 0) is 4.79 Å². The van der Waals surface area contributed by atoms with E-state index >= 15 is 0 Å². The Bertz CT molecular complexity index is 651. The third kappa shape index (κ3) is 4.65. The molecule has 0 fully saturated rings. The molecule has 0 aliphatic heterocycles. The summed E-state index contributed by atoms with van der Waals surface area (Å²) < 4.78 is 13.0. The van der Waals surface area contributed by atoms with Gasteiger partial charge < -0.3 is 11.1 Å². The number of carbonyl (C=O) groups excluding carboxylic acids is 1. The monoisotopic (exact) mass is 324 g/mol. The molecule has 6 heteroatoms. The Balaban J connectivity index is 1.82. The maximum absolute atomic E-state index is 13.0. The highest BCUT2D eigenvalue weighted by molar-refractivity contribution is 7.99. The van der Waals surface area contributed by atoms with Gasteiger partial charge in [-0.15, -0.1) is 11.8 Å². The number of hydrogen-bond acceptors (Lipinski definition) is 3. The van der Waals surface area contributed by atoms with Crippen molar-refractivity contribution >= 4 is 40.6 Å². The van der Waals surface area contributed by atoms with Crippen LogP contribution >= 0.6 is 23.4 Å². The molecule has 0 bridgehead atoms. The summed E-state index contributed by atoms with van der Waals surface area (Å²) in [6.45, 7) is 0. The zero-order valence-corrected chi connectivity index (χ0v) is 12.7. The molecule has 0 aliphatic rings. The molecule has 0 spiro atoms. The van der Waals surface area contributed by atoms with Gasteiger partial charge in [0.2, 0.25) is 5.91 Å². The topological polar surface area (TPSA) is 55.1 Å². The number of carbonyl (C=O) groups is 1. The van der Waals surface area contributed by atoms with Crippen LogP contribution in [0.15, 0.2) is 47.4 Å². The van der Waals surface area contributed by atoms with Crippen molar-refractivity contribution in [1.29, 1.82) is 0 Å². The molecule has 0 saturated heterocycles. The fourth-order valence-electron chi connectivity index (χ4n) is 1.66. The number of amides is 1. The van der Waals surface area contributed by atoms with Crippen molar-refractivity contribution in [1.82, 2.24) is 0 Å². The van der Waals surface area contributed by atoms with Gasteiger partial charge in [0.05, 0.1) is 10.7 Å². The SMILES string of the molecule is Nc1cc(NC(=O)CCSc2ccccc2Cl)ccc1F. The van der Waals surface area contributed by atoms with Gasteiger partial charge in [-0.25, -0.2) is 4.39 Å². The van der Waals surface area contributed by atoms with Crippen molar-refractivity contribution in [3.8, 4) is 0 Å². The van der Waals surface area contributed by atoms with Crippen molar-refractivity contribution in [3.63, 3.8) is 0 Å². The summed E-state index contributed by atoms with van der Waals surface area (Å²) in [6, 6.07) is 11.6. The summed E-state index contributed by atoms with van der Waals surface area (Å²) in [4.78, 5) is 12.7. The first-order valence-electron chi connectivity index (χ1n) is 6.28. The van der Waals surface area contributed by atoms with Gasteiger partial charge in [-0.2, -0.15) is 0 Å². The summed E-state index contributed by atoms with van der Waals surface area (Å²) in [6.07, 6.45) is 0.327. The van der Waals surface area contributed by atoms with Crippen LogP contribution in [0.2, 0.25) is 5.02 Å². The minimum atomic E-state index is -0.498. The van der Waals surface area contributed by atoms with Crippen LogP contribution in [-0.4, -0.2) is 11.7 Å². The number of nitrogens with two attached hydrogens (primary N) is 1. The maximum atomic E-state index is 13.0. The predicted molar refractivity (Wildman–Crippen MR) is 86.2 cm³/mol. The number of hydrogen-bond donors (Lipinski definition) is 2. The Morgan fingerprint density at radius 3 is 2.76 bits per heavy atom. The van der Waals surface area contributed by atoms with Gasteiger partial charge in [0.1, 0.15) is 5.82 Å². The molecule has 0 unspecified atom stereocenters. The molecular weight excluding hydrogens is 311 g/mol. The van der Waals surface area contributed by atoms with Crippen LogP contribution < -0.4 is 11.1 Å². The van der Waals surface area contributed by atoms with Gasteiger partial charge in [-0.3, -0.25) is 4.79 Å². The number of halogens is 2. The van der Waals surface area contributed by atoms with Gasteiger partial charge in [0.25, 0.3) is 0 Å². The summed E-state index contributed by atoms with van der Waals surface area (Å²) in [5.74, 6) is -0.0467. The number of anilines is 2. The second kappa shape index (κ2) is 7.33.